The average molecular weight is 560 g/mol. The van der Waals surface area contributed by atoms with Gasteiger partial charge >= 0.3 is 5.97 Å². The maximum atomic E-state index is 13.6. The Hall–Kier alpha value is -3.01. The highest BCUT2D eigenvalue weighted by Gasteiger charge is 2.48. The highest BCUT2D eigenvalue weighted by Crippen LogP contribution is 2.47. The van der Waals surface area contributed by atoms with Gasteiger partial charge in [-0.05, 0) is 49.8 Å². The van der Waals surface area contributed by atoms with Crippen LogP contribution in [0.3, 0.4) is 0 Å². The van der Waals surface area contributed by atoms with Crippen molar-refractivity contribution in [3.63, 3.8) is 0 Å². The van der Waals surface area contributed by atoms with Crippen LogP contribution in [0.5, 0.6) is 17.2 Å². The Balaban J connectivity index is 1.62. The number of likely N-dealkylation sites (tertiary alicyclic amines) is 2. The third kappa shape index (κ3) is 6.82. The zero-order valence-electron chi connectivity index (χ0n) is 24.2. The molecule has 2 amide bonds. The molecule has 1 aromatic carbocycles. The van der Waals surface area contributed by atoms with E-state index in [1.807, 2.05) is 26.8 Å². The van der Waals surface area contributed by atoms with Crippen molar-refractivity contribution in [2.24, 2.45) is 5.92 Å². The molecule has 0 radical (unpaired) electrons. The van der Waals surface area contributed by atoms with Crippen molar-refractivity contribution in [3.8, 4) is 17.2 Å². The van der Waals surface area contributed by atoms with Crippen molar-refractivity contribution in [3.05, 3.63) is 17.7 Å². The number of aliphatic carboxylic acids is 1. The standard InChI is InChI=1S/C30H45N3O7/c1-4-6-12-31(13-7-5-2)27(35)19-33-18-22(21-16-24(38-3)29-25(17-21)39-20-40-29)28(30(36)37)23(33)11-15-32-14-9-8-10-26(32)34/h16-17,22-23,28H,4-15,18-20H2,1-3H3,(H,36,37)/t22-,23+,28?/m1/s1. The molecule has 1 unspecified atom stereocenters. The summed E-state index contributed by atoms with van der Waals surface area (Å²) in [5.41, 5.74) is 0.788. The summed E-state index contributed by atoms with van der Waals surface area (Å²) in [6.45, 7) is 7.50. The quantitative estimate of drug-likeness (QED) is 0.367. The SMILES string of the molecule is CCCCN(CCCC)C(=O)CN1C[C@H](c2cc(OC)c3c(c2)OCO3)C(C(=O)O)[C@@H]1CCN1CCCCC1=O. The number of hydrogen-bond acceptors (Lipinski definition) is 7. The van der Waals surface area contributed by atoms with E-state index in [0.717, 1.165) is 44.1 Å². The largest absolute Gasteiger partial charge is 0.493 e. The van der Waals surface area contributed by atoms with Crippen molar-refractivity contribution in [1.29, 1.82) is 0 Å². The fourth-order valence-corrected chi connectivity index (χ4v) is 6.27. The van der Waals surface area contributed by atoms with Crippen molar-refractivity contribution in [2.75, 3.05) is 53.2 Å². The van der Waals surface area contributed by atoms with E-state index in [1.54, 1.807) is 7.11 Å². The number of carbonyl (C=O) groups excluding carboxylic acids is 2. The molecular formula is C30H45N3O7. The number of amides is 2. The average Bonchev–Trinajstić information content (AvgIpc) is 3.57. The number of benzene rings is 1. The zero-order chi connectivity index (χ0) is 28.6. The van der Waals surface area contributed by atoms with E-state index < -0.39 is 17.9 Å². The smallest absolute Gasteiger partial charge is 0.308 e. The molecule has 3 heterocycles. The molecule has 1 aromatic rings. The first kappa shape index (κ1) is 30.0. The summed E-state index contributed by atoms with van der Waals surface area (Å²) in [5, 5.41) is 10.5. The molecule has 10 nitrogen and oxygen atoms in total. The van der Waals surface area contributed by atoms with Gasteiger partial charge < -0.3 is 29.1 Å². The number of carboxylic acid groups (broad SMARTS) is 1. The number of methoxy groups -OCH3 is 1. The van der Waals surface area contributed by atoms with Gasteiger partial charge in [0.2, 0.25) is 24.4 Å². The number of unbranched alkanes of at least 4 members (excludes halogenated alkanes) is 2. The highest BCUT2D eigenvalue weighted by atomic mass is 16.7. The molecule has 0 saturated carbocycles. The number of carbonyl (C=O) groups is 3. The third-order valence-corrected chi connectivity index (χ3v) is 8.51. The Morgan fingerprint density at radius 2 is 1.88 bits per heavy atom. The van der Waals surface area contributed by atoms with Gasteiger partial charge in [0.25, 0.3) is 0 Å². The molecule has 3 aliphatic rings. The molecule has 2 saturated heterocycles. The van der Waals surface area contributed by atoms with Crippen LogP contribution in [0.4, 0.5) is 0 Å². The Morgan fingerprint density at radius 3 is 2.52 bits per heavy atom. The molecule has 0 aromatic heterocycles. The molecule has 1 N–H and O–H groups in total. The second kappa shape index (κ2) is 14.1. The molecule has 4 rings (SSSR count). The summed E-state index contributed by atoms with van der Waals surface area (Å²) in [5.74, 6) is -0.312. The maximum absolute atomic E-state index is 13.6. The topological polar surface area (TPSA) is 109 Å². The zero-order valence-corrected chi connectivity index (χ0v) is 24.2. The van der Waals surface area contributed by atoms with Crippen LogP contribution >= 0.6 is 0 Å². The van der Waals surface area contributed by atoms with E-state index in [1.165, 1.54) is 0 Å². The maximum Gasteiger partial charge on any atom is 0.308 e. The number of hydrogen-bond donors (Lipinski definition) is 1. The lowest BCUT2D eigenvalue weighted by molar-refractivity contribution is -0.144. The van der Waals surface area contributed by atoms with Gasteiger partial charge in [0, 0.05) is 51.1 Å². The minimum Gasteiger partial charge on any atom is -0.493 e. The minimum atomic E-state index is -0.902. The second-order valence-corrected chi connectivity index (χ2v) is 11.1. The van der Waals surface area contributed by atoms with Crippen molar-refractivity contribution < 1.29 is 33.7 Å². The van der Waals surface area contributed by atoms with Gasteiger partial charge in [-0.1, -0.05) is 26.7 Å². The van der Waals surface area contributed by atoms with E-state index >= 15 is 0 Å². The van der Waals surface area contributed by atoms with Gasteiger partial charge in [-0.3, -0.25) is 19.3 Å². The number of piperidine rings is 1. The van der Waals surface area contributed by atoms with E-state index in [9.17, 15) is 19.5 Å². The van der Waals surface area contributed by atoms with Crippen LogP contribution in [-0.4, -0.2) is 96.8 Å². The first-order valence-corrected chi connectivity index (χ1v) is 14.9. The van der Waals surface area contributed by atoms with Crippen LogP contribution in [0, 0.1) is 5.92 Å². The number of rotatable bonds is 14. The summed E-state index contributed by atoms with van der Waals surface area (Å²) in [6.07, 6.45) is 6.78. The number of fused-ring (bicyclic) bond motifs is 1. The highest BCUT2D eigenvalue weighted by molar-refractivity contribution is 5.79. The van der Waals surface area contributed by atoms with E-state index in [2.05, 4.69) is 13.8 Å². The molecule has 222 valence electrons. The van der Waals surface area contributed by atoms with Gasteiger partial charge in [-0.15, -0.1) is 0 Å². The van der Waals surface area contributed by atoms with E-state index in [4.69, 9.17) is 14.2 Å². The Kier molecular flexibility index (Phi) is 10.5. The van der Waals surface area contributed by atoms with Crippen LogP contribution in [-0.2, 0) is 14.4 Å². The summed E-state index contributed by atoms with van der Waals surface area (Å²) >= 11 is 0. The summed E-state index contributed by atoms with van der Waals surface area (Å²) in [7, 11) is 1.55. The van der Waals surface area contributed by atoms with Gasteiger partial charge in [-0.2, -0.15) is 0 Å². The van der Waals surface area contributed by atoms with E-state index in [-0.39, 0.29) is 31.1 Å². The van der Waals surface area contributed by atoms with Gasteiger partial charge in [0.15, 0.2) is 11.5 Å². The predicted octanol–water partition coefficient (Wildman–Crippen LogP) is 3.72. The second-order valence-electron chi connectivity index (χ2n) is 11.1. The van der Waals surface area contributed by atoms with Crippen LogP contribution in [0.1, 0.15) is 76.7 Å². The number of ether oxygens (including phenoxy) is 3. The van der Waals surface area contributed by atoms with Crippen molar-refractivity contribution >= 4 is 17.8 Å². The summed E-state index contributed by atoms with van der Waals surface area (Å²) < 4.78 is 16.7. The van der Waals surface area contributed by atoms with Crippen molar-refractivity contribution in [1.82, 2.24) is 14.7 Å². The molecule has 3 atom stereocenters. The monoisotopic (exact) mass is 559 g/mol. The molecule has 0 aliphatic carbocycles. The molecule has 3 aliphatic heterocycles. The molecule has 2 fully saturated rings. The lowest BCUT2D eigenvalue weighted by atomic mass is 9.84. The third-order valence-electron chi connectivity index (χ3n) is 8.51. The minimum absolute atomic E-state index is 0.0361. The van der Waals surface area contributed by atoms with Crippen LogP contribution in [0.2, 0.25) is 0 Å². The summed E-state index contributed by atoms with van der Waals surface area (Å²) in [4.78, 5) is 44.8. The first-order valence-electron chi connectivity index (χ1n) is 14.9. The lowest BCUT2D eigenvalue weighted by Crippen LogP contribution is -2.46. The molecule has 40 heavy (non-hydrogen) atoms. The molecule has 0 bridgehead atoms. The van der Waals surface area contributed by atoms with Crippen LogP contribution in [0.25, 0.3) is 0 Å². The fraction of sp³-hybridized carbons (Fsp3) is 0.700. The van der Waals surface area contributed by atoms with Gasteiger partial charge in [0.1, 0.15) is 0 Å². The Morgan fingerprint density at radius 1 is 1.12 bits per heavy atom. The van der Waals surface area contributed by atoms with E-state index in [0.29, 0.717) is 62.8 Å². The molecular weight excluding hydrogens is 514 g/mol. The molecule has 0 spiro atoms. The van der Waals surface area contributed by atoms with Gasteiger partial charge in [-0.25, -0.2) is 0 Å². The van der Waals surface area contributed by atoms with Crippen molar-refractivity contribution in [2.45, 2.75) is 77.2 Å². The lowest BCUT2D eigenvalue weighted by Gasteiger charge is -2.32. The van der Waals surface area contributed by atoms with Gasteiger partial charge in [0.05, 0.1) is 19.6 Å². The number of nitrogens with zero attached hydrogens (tertiary/aromatic N) is 3. The predicted molar refractivity (Wildman–Crippen MR) is 150 cm³/mol. The molecule has 10 heteroatoms. The van der Waals surface area contributed by atoms with Crippen LogP contribution in [0.15, 0.2) is 12.1 Å². The first-order chi connectivity index (χ1) is 19.4. The number of carboxylic acids is 1. The normalized spacial score (nSPS) is 22.5. The summed E-state index contributed by atoms with van der Waals surface area (Å²) in [6, 6.07) is 3.28. The van der Waals surface area contributed by atoms with Crippen LogP contribution < -0.4 is 14.2 Å². The Labute approximate surface area is 237 Å². The Bertz CT molecular complexity index is 1040. The fourth-order valence-electron chi connectivity index (χ4n) is 6.27.